The van der Waals surface area contributed by atoms with Crippen LogP contribution in [0.25, 0.3) is 0 Å². The minimum Gasteiger partial charge on any atom is -0.491 e. The van der Waals surface area contributed by atoms with Gasteiger partial charge in [0, 0.05) is 19.4 Å². The number of aryl methyl sites for hydroxylation is 1. The Morgan fingerprint density at radius 3 is 2.73 bits per heavy atom. The monoisotopic (exact) mass is 379 g/mol. The van der Waals surface area contributed by atoms with Crippen LogP contribution in [0.2, 0.25) is 0 Å². The fraction of sp³-hybridized carbons (Fsp3) is 0.579. The van der Waals surface area contributed by atoms with E-state index in [1.807, 2.05) is 17.6 Å². The molecule has 144 valence electrons. The number of hydrogen-bond donors (Lipinski definition) is 1. The van der Waals surface area contributed by atoms with E-state index in [0.717, 1.165) is 16.5 Å². The van der Waals surface area contributed by atoms with Crippen molar-refractivity contribution >= 4 is 11.8 Å². The van der Waals surface area contributed by atoms with E-state index < -0.39 is 6.10 Å². The number of aliphatic hydroxyl groups is 1. The third kappa shape index (κ3) is 6.00. The largest absolute Gasteiger partial charge is 0.491 e. The average Bonchev–Trinajstić information content (AvgIpc) is 3.03. The first-order valence-electron chi connectivity index (χ1n) is 8.73. The van der Waals surface area contributed by atoms with Crippen molar-refractivity contribution in [3.8, 4) is 5.75 Å². The van der Waals surface area contributed by atoms with Crippen molar-refractivity contribution in [3.63, 3.8) is 0 Å². The topological polar surface area (TPSA) is 69.4 Å². The van der Waals surface area contributed by atoms with Gasteiger partial charge in [0.2, 0.25) is 0 Å². The van der Waals surface area contributed by atoms with Crippen LogP contribution < -0.4 is 4.74 Å². The Labute approximate surface area is 159 Å². The third-order valence-corrected chi connectivity index (χ3v) is 5.12. The second-order valence-corrected chi connectivity index (χ2v) is 8.29. The molecule has 0 saturated heterocycles. The van der Waals surface area contributed by atoms with Gasteiger partial charge in [0.25, 0.3) is 0 Å². The van der Waals surface area contributed by atoms with E-state index in [1.54, 1.807) is 13.4 Å². The molecule has 0 aliphatic rings. The van der Waals surface area contributed by atoms with E-state index >= 15 is 0 Å². The Bertz CT molecular complexity index is 698. The van der Waals surface area contributed by atoms with Gasteiger partial charge in [-0.25, -0.2) is 0 Å². The molecule has 0 unspecified atom stereocenters. The third-order valence-electron chi connectivity index (χ3n) is 3.99. The number of nitrogens with zero attached hydrogens (tertiary/aromatic N) is 3. The van der Waals surface area contributed by atoms with Gasteiger partial charge in [0.15, 0.2) is 5.16 Å². The predicted molar refractivity (Wildman–Crippen MR) is 104 cm³/mol. The first-order chi connectivity index (χ1) is 12.3. The molecule has 1 N–H and O–H groups in total. The van der Waals surface area contributed by atoms with Gasteiger partial charge in [-0.1, -0.05) is 44.7 Å². The fourth-order valence-electron chi connectivity index (χ4n) is 2.38. The number of thioether (sulfide) groups is 1. The van der Waals surface area contributed by atoms with Crippen LogP contribution in [0.1, 0.15) is 31.9 Å². The van der Waals surface area contributed by atoms with Crippen LogP contribution in [-0.4, -0.2) is 52.1 Å². The van der Waals surface area contributed by atoms with Crippen LogP contribution in [0.4, 0.5) is 0 Å². The maximum Gasteiger partial charge on any atom is 0.191 e. The lowest BCUT2D eigenvalue weighted by Gasteiger charge is -2.21. The van der Waals surface area contributed by atoms with Crippen molar-refractivity contribution in [1.29, 1.82) is 0 Å². The molecule has 0 aliphatic carbocycles. The van der Waals surface area contributed by atoms with E-state index in [-0.39, 0.29) is 12.0 Å². The number of aromatic nitrogens is 3. The molecule has 1 atom stereocenters. The highest BCUT2D eigenvalue weighted by atomic mass is 32.2. The summed E-state index contributed by atoms with van der Waals surface area (Å²) in [5.41, 5.74) is 2.46. The molecular weight excluding hydrogens is 350 g/mol. The molecule has 1 aromatic carbocycles. The second kappa shape index (κ2) is 9.39. The van der Waals surface area contributed by atoms with Gasteiger partial charge >= 0.3 is 0 Å². The van der Waals surface area contributed by atoms with Gasteiger partial charge in [0.1, 0.15) is 18.7 Å². The SMILES string of the molecule is COCCn1cnnc1SC[C@@H](O)COc1ccc(C(C)(C)C)cc1C. The molecule has 26 heavy (non-hydrogen) atoms. The summed E-state index contributed by atoms with van der Waals surface area (Å²) in [6.45, 7) is 10.1. The quantitative estimate of drug-likeness (QED) is 0.675. The highest BCUT2D eigenvalue weighted by Gasteiger charge is 2.15. The zero-order valence-corrected chi connectivity index (χ0v) is 17.0. The molecule has 0 amide bonds. The standard InChI is InChI=1S/C19H29N3O3S/c1-14-10-15(19(2,3)4)6-7-17(14)25-11-16(23)12-26-18-21-20-13-22(18)8-9-24-5/h6-7,10,13,16,23H,8-9,11-12H2,1-5H3/t16-/m0/s1. The summed E-state index contributed by atoms with van der Waals surface area (Å²) in [6.07, 6.45) is 1.08. The Morgan fingerprint density at radius 1 is 1.31 bits per heavy atom. The lowest BCUT2D eigenvalue weighted by Crippen LogP contribution is -2.21. The van der Waals surface area contributed by atoms with E-state index in [9.17, 15) is 5.11 Å². The smallest absolute Gasteiger partial charge is 0.191 e. The number of ether oxygens (including phenoxy) is 2. The highest BCUT2D eigenvalue weighted by molar-refractivity contribution is 7.99. The molecule has 2 rings (SSSR count). The molecule has 0 aliphatic heterocycles. The molecule has 6 nitrogen and oxygen atoms in total. The van der Waals surface area contributed by atoms with Gasteiger partial charge < -0.3 is 19.1 Å². The van der Waals surface area contributed by atoms with Gasteiger partial charge in [0.05, 0.1) is 12.7 Å². The minimum atomic E-state index is -0.589. The molecule has 0 spiro atoms. The zero-order chi connectivity index (χ0) is 19.2. The van der Waals surface area contributed by atoms with Crippen molar-refractivity contribution in [2.45, 2.75) is 50.9 Å². The summed E-state index contributed by atoms with van der Waals surface area (Å²) < 4.78 is 12.8. The van der Waals surface area contributed by atoms with Crippen molar-refractivity contribution in [2.75, 3.05) is 26.1 Å². The summed E-state index contributed by atoms with van der Waals surface area (Å²) in [7, 11) is 1.66. The Balaban J connectivity index is 1.84. The number of hydrogen-bond acceptors (Lipinski definition) is 6. The van der Waals surface area contributed by atoms with Gasteiger partial charge in [-0.3, -0.25) is 0 Å². The first kappa shape index (κ1) is 20.7. The Hall–Kier alpha value is -1.57. The lowest BCUT2D eigenvalue weighted by atomic mass is 9.86. The molecule has 0 fully saturated rings. The van der Waals surface area contributed by atoms with Crippen LogP contribution in [0, 0.1) is 6.92 Å². The Kier molecular flexibility index (Phi) is 7.49. The molecule has 0 saturated carbocycles. The maximum absolute atomic E-state index is 10.2. The molecule has 2 aromatic rings. The van der Waals surface area contributed by atoms with Crippen LogP contribution in [0.15, 0.2) is 29.7 Å². The highest BCUT2D eigenvalue weighted by Crippen LogP contribution is 2.27. The molecule has 0 radical (unpaired) electrons. The molecule has 1 heterocycles. The van der Waals surface area contributed by atoms with E-state index in [4.69, 9.17) is 9.47 Å². The van der Waals surface area contributed by atoms with Crippen molar-refractivity contribution < 1.29 is 14.6 Å². The number of methoxy groups -OCH3 is 1. The van der Waals surface area contributed by atoms with Gasteiger partial charge in [-0.2, -0.15) is 0 Å². The summed E-state index contributed by atoms with van der Waals surface area (Å²) >= 11 is 1.46. The Morgan fingerprint density at radius 2 is 2.08 bits per heavy atom. The number of aliphatic hydroxyl groups excluding tert-OH is 1. The average molecular weight is 380 g/mol. The zero-order valence-electron chi connectivity index (χ0n) is 16.2. The van der Waals surface area contributed by atoms with E-state index in [0.29, 0.717) is 18.9 Å². The van der Waals surface area contributed by atoms with Crippen molar-refractivity contribution in [3.05, 3.63) is 35.7 Å². The van der Waals surface area contributed by atoms with Crippen LogP contribution in [0.3, 0.4) is 0 Å². The molecular formula is C19H29N3O3S. The normalized spacial score (nSPS) is 13.0. The van der Waals surface area contributed by atoms with Gasteiger partial charge in [-0.05, 0) is 29.5 Å². The molecule has 1 aromatic heterocycles. The summed E-state index contributed by atoms with van der Waals surface area (Å²) in [6, 6.07) is 6.22. The van der Waals surface area contributed by atoms with Crippen molar-refractivity contribution in [2.24, 2.45) is 0 Å². The molecule has 0 bridgehead atoms. The van der Waals surface area contributed by atoms with Crippen molar-refractivity contribution in [1.82, 2.24) is 14.8 Å². The lowest BCUT2D eigenvalue weighted by molar-refractivity contribution is 0.126. The fourth-order valence-corrected chi connectivity index (χ4v) is 3.23. The predicted octanol–water partition coefficient (Wildman–Crippen LogP) is 3.06. The summed E-state index contributed by atoms with van der Waals surface area (Å²) in [4.78, 5) is 0. The number of benzene rings is 1. The molecule has 7 heteroatoms. The maximum atomic E-state index is 10.2. The minimum absolute atomic E-state index is 0.109. The van der Waals surface area contributed by atoms with E-state index in [2.05, 4.69) is 43.1 Å². The second-order valence-electron chi connectivity index (χ2n) is 7.31. The van der Waals surface area contributed by atoms with Crippen LogP contribution in [0.5, 0.6) is 5.75 Å². The van der Waals surface area contributed by atoms with Crippen LogP contribution >= 0.6 is 11.8 Å². The number of rotatable bonds is 9. The first-order valence-corrected chi connectivity index (χ1v) is 9.71. The summed E-state index contributed by atoms with van der Waals surface area (Å²) in [5.74, 6) is 1.30. The van der Waals surface area contributed by atoms with Crippen LogP contribution in [-0.2, 0) is 16.7 Å². The summed E-state index contributed by atoms with van der Waals surface area (Å²) in [5, 5.41) is 19.0. The van der Waals surface area contributed by atoms with Gasteiger partial charge in [-0.15, -0.1) is 10.2 Å². The van der Waals surface area contributed by atoms with E-state index in [1.165, 1.54) is 17.3 Å².